The normalized spacial score (nSPS) is 19.7. The van der Waals surface area contributed by atoms with Crippen molar-refractivity contribution in [3.05, 3.63) is 22.4 Å². The van der Waals surface area contributed by atoms with Crippen molar-refractivity contribution in [3.63, 3.8) is 0 Å². The Morgan fingerprint density at radius 3 is 2.71 bits per heavy atom. The summed E-state index contributed by atoms with van der Waals surface area (Å²) in [4.78, 5) is 15.2. The molecule has 2 heterocycles. The minimum absolute atomic E-state index is 0.210. The Labute approximate surface area is 135 Å². The van der Waals surface area contributed by atoms with Crippen LogP contribution in [0.25, 0.3) is 0 Å². The molecule has 0 radical (unpaired) electrons. The standard InChI is InChI=1S/C16H24BrN3O/c1-2-9-19(14-5-7-18-8-6-14)16(21)15-10-12(17)11-20(15)13-3-4-13/h10-11,13-14,18H,2-9H2,1H3. The van der Waals surface area contributed by atoms with E-state index in [1.165, 1.54) is 12.8 Å². The molecule has 1 N–H and O–H groups in total. The lowest BCUT2D eigenvalue weighted by molar-refractivity contribution is 0.0631. The zero-order valence-corrected chi connectivity index (χ0v) is 14.2. The Kier molecular flexibility index (Phi) is 4.69. The van der Waals surface area contributed by atoms with E-state index in [0.717, 1.165) is 49.1 Å². The van der Waals surface area contributed by atoms with Crippen molar-refractivity contribution >= 4 is 21.8 Å². The van der Waals surface area contributed by atoms with E-state index in [2.05, 4.69) is 43.8 Å². The maximum absolute atomic E-state index is 13.1. The highest BCUT2D eigenvalue weighted by atomic mass is 79.9. The Balaban J connectivity index is 1.82. The van der Waals surface area contributed by atoms with Crippen LogP contribution in [0.1, 0.15) is 55.6 Å². The molecule has 1 aromatic heterocycles. The third-order valence-electron chi connectivity index (χ3n) is 4.45. The first-order valence-electron chi connectivity index (χ1n) is 8.09. The van der Waals surface area contributed by atoms with E-state index in [1.807, 2.05) is 6.07 Å². The SMILES string of the molecule is CCCN(C(=O)c1cc(Br)cn1C1CC1)C1CCNCC1. The monoisotopic (exact) mass is 353 g/mol. The molecule has 2 aliphatic rings. The average Bonchev–Trinajstić information content (AvgIpc) is 3.27. The molecule has 1 saturated heterocycles. The molecule has 0 bridgehead atoms. The molecule has 1 aliphatic heterocycles. The average molecular weight is 354 g/mol. The number of carbonyl (C=O) groups excluding carboxylic acids is 1. The molecular weight excluding hydrogens is 330 g/mol. The third-order valence-corrected chi connectivity index (χ3v) is 4.88. The van der Waals surface area contributed by atoms with Crippen molar-refractivity contribution in [2.45, 2.75) is 51.1 Å². The number of aromatic nitrogens is 1. The predicted octanol–water partition coefficient (Wildman–Crippen LogP) is 3.19. The highest BCUT2D eigenvalue weighted by Crippen LogP contribution is 2.38. The smallest absolute Gasteiger partial charge is 0.270 e. The molecule has 0 spiro atoms. The van der Waals surface area contributed by atoms with E-state index < -0.39 is 0 Å². The molecular formula is C16H24BrN3O. The van der Waals surface area contributed by atoms with Crippen LogP contribution < -0.4 is 5.32 Å². The molecule has 1 aromatic rings. The van der Waals surface area contributed by atoms with Crippen molar-refractivity contribution < 1.29 is 4.79 Å². The van der Waals surface area contributed by atoms with Crippen molar-refractivity contribution in [1.29, 1.82) is 0 Å². The van der Waals surface area contributed by atoms with Crippen LogP contribution in [0.3, 0.4) is 0 Å². The number of hydrogen-bond donors (Lipinski definition) is 1. The van der Waals surface area contributed by atoms with Gasteiger partial charge in [-0.2, -0.15) is 0 Å². The lowest BCUT2D eigenvalue weighted by Crippen LogP contribution is -2.46. The van der Waals surface area contributed by atoms with Crippen LogP contribution in [0, 0.1) is 0 Å². The fourth-order valence-corrected chi connectivity index (χ4v) is 3.67. The van der Waals surface area contributed by atoms with Gasteiger partial charge in [-0.3, -0.25) is 4.79 Å². The van der Waals surface area contributed by atoms with Gasteiger partial charge >= 0.3 is 0 Å². The molecule has 116 valence electrons. The Morgan fingerprint density at radius 1 is 1.38 bits per heavy atom. The van der Waals surface area contributed by atoms with E-state index in [4.69, 9.17) is 0 Å². The van der Waals surface area contributed by atoms with E-state index in [9.17, 15) is 4.79 Å². The zero-order chi connectivity index (χ0) is 14.8. The summed E-state index contributed by atoms with van der Waals surface area (Å²) in [5, 5.41) is 3.38. The van der Waals surface area contributed by atoms with Gasteiger partial charge in [0, 0.05) is 29.3 Å². The summed E-state index contributed by atoms with van der Waals surface area (Å²) in [6, 6.07) is 2.91. The van der Waals surface area contributed by atoms with Crippen LogP contribution in [0.15, 0.2) is 16.7 Å². The van der Waals surface area contributed by atoms with Gasteiger partial charge in [-0.15, -0.1) is 0 Å². The van der Waals surface area contributed by atoms with E-state index in [-0.39, 0.29) is 5.91 Å². The Morgan fingerprint density at radius 2 is 2.10 bits per heavy atom. The second kappa shape index (κ2) is 6.53. The van der Waals surface area contributed by atoms with Gasteiger partial charge in [-0.1, -0.05) is 6.92 Å². The number of rotatable bonds is 5. The number of carbonyl (C=O) groups is 1. The van der Waals surface area contributed by atoms with Crippen LogP contribution in [0.5, 0.6) is 0 Å². The fourth-order valence-electron chi connectivity index (χ4n) is 3.23. The zero-order valence-electron chi connectivity index (χ0n) is 12.6. The Bertz CT molecular complexity index is 504. The first-order chi connectivity index (χ1) is 10.2. The number of hydrogen-bond acceptors (Lipinski definition) is 2. The summed E-state index contributed by atoms with van der Waals surface area (Å²) in [7, 11) is 0. The second-order valence-corrected chi connectivity index (χ2v) is 7.08. The van der Waals surface area contributed by atoms with Crippen molar-refractivity contribution in [2.24, 2.45) is 0 Å². The summed E-state index contributed by atoms with van der Waals surface area (Å²) in [5.41, 5.74) is 0.858. The molecule has 1 saturated carbocycles. The minimum atomic E-state index is 0.210. The number of nitrogens with zero attached hydrogens (tertiary/aromatic N) is 2. The molecule has 4 nitrogen and oxygen atoms in total. The van der Waals surface area contributed by atoms with Crippen LogP contribution in [0.2, 0.25) is 0 Å². The largest absolute Gasteiger partial charge is 0.339 e. The second-order valence-electron chi connectivity index (χ2n) is 6.16. The van der Waals surface area contributed by atoms with Gasteiger partial charge in [0.2, 0.25) is 0 Å². The number of piperidine rings is 1. The Hall–Kier alpha value is -0.810. The molecule has 0 aromatic carbocycles. The van der Waals surface area contributed by atoms with Crippen LogP contribution >= 0.6 is 15.9 Å². The summed E-state index contributed by atoms with van der Waals surface area (Å²) in [6.45, 7) is 5.05. The third kappa shape index (κ3) is 3.34. The fraction of sp³-hybridized carbons (Fsp3) is 0.688. The molecule has 0 unspecified atom stereocenters. The minimum Gasteiger partial charge on any atom is -0.339 e. The van der Waals surface area contributed by atoms with Crippen LogP contribution in [-0.4, -0.2) is 41.1 Å². The summed E-state index contributed by atoms with van der Waals surface area (Å²) >= 11 is 3.53. The van der Waals surface area contributed by atoms with Gasteiger partial charge in [0.15, 0.2) is 0 Å². The lowest BCUT2D eigenvalue weighted by Gasteiger charge is -2.34. The summed E-state index contributed by atoms with van der Waals surface area (Å²) in [5.74, 6) is 0.210. The maximum Gasteiger partial charge on any atom is 0.270 e. The molecule has 1 amide bonds. The molecule has 2 fully saturated rings. The van der Waals surface area contributed by atoms with E-state index >= 15 is 0 Å². The first kappa shape index (κ1) is 15.1. The molecule has 3 rings (SSSR count). The van der Waals surface area contributed by atoms with Gasteiger partial charge in [0.25, 0.3) is 5.91 Å². The molecule has 0 atom stereocenters. The van der Waals surface area contributed by atoms with Crippen LogP contribution in [-0.2, 0) is 0 Å². The number of amides is 1. The molecule has 21 heavy (non-hydrogen) atoms. The van der Waals surface area contributed by atoms with E-state index in [0.29, 0.717) is 12.1 Å². The topological polar surface area (TPSA) is 37.3 Å². The quantitative estimate of drug-likeness (QED) is 0.882. The van der Waals surface area contributed by atoms with Crippen molar-refractivity contribution in [1.82, 2.24) is 14.8 Å². The number of halogens is 1. The van der Waals surface area contributed by atoms with Gasteiger partial charge in [-0.05, 0) is 67.2 Å². The van der Waals surface area contributed by atoms with Crippen molar-refractivity contribution in [2.75, 3.05) is 19.6 Å². The van der Waals surface area contributed by atoms with Crippen LogP contribution in [0.4, 0.5) is 0 Å². The van der Waals surface area contributed by atoms with Crippen molar-refractivity contribution in [3.8, 4) is 0 Å². The predicted molar refractivity (Wildman–Crippen MR) is 87.6 cm³/mol. The highest BCUT2D eigenvalue weighted by Gasteiger charge is 2.32. The first-order valence-corrected chi connectivity index (χ1v) is 8.89. The van der Waals surface area contributed by atoms with Gasteiger partial charge in [0.05, 0.1) is 0 Å². The lowest BCUT2D eigenvalue weighted by atomic mass is 10.0. The summed E-state index contributed by atoms with van der Waals surface area (Å²) < 4.78 is 3.19. The number of nitrogens with one attached hydrogen (secondary N) is 1. The molecule has 5 heteroatoms. The van der Waals surface area contributed by atoms with Gasteiger partial charge in [0.1, 0.15) is 5.69 Å². The van der Waals surface area contributed by atoms with E-state index in [1.54, 1.807) is 0 Å². The molecule has 1 aliphatic carbocycles. The summed E-state index contributed by atoms with van der Waals surface area (Å²) in [6.07, 6.45) is 7.61. The van der Waals surface area contributed by atoms with Gasteiger partial charge in [-0.25, -0.2) is 0 Å². The maximum atomic E-state index is 13.1. The highest BCUT2D eigenvalue weighted by molar-refractivity contribution is 9.10. The van der Waals surface area contributed by atoms with Gasteiger partial charge < -0.3 is 14.8 Å².